The summed E-state index contributed by atoms with van der Waals surface area (Å²) < 4.78 is 0. The Balaban J connectivity index is 2.55. The van der Waals surface area contributed by atoms with Crippen molar-refractivity contribution in [2.75, 3.05) is 13.1 Å². The van der Waals surface area contributed by atoms with E-state index in [0.29, 0.717) is 25.9 Å². The lowest BCUT2D eigenvalue weighted by atomic mass is 9.93. The Morgan fingerprint density at radius 2 is 1.79 bits per heavy atom. The van der Waals surface area contributed by atoms with Crippen LogP contribution in [0.3, 0.4) is 0 Å². The number of rotatable bonds is 1. The van der Waals surface area contributed by atoms with Crippen LogP contribution in [0, 0.1) is 0 Å². The SMILES string of the molecule is CC1(O)CCN(C(=O)C(C)(C)O)CC1. The molecule has 0 aromatic carbocycles. The van der Waals surface area contributed by atoms with E-state index in [1.54, 1.807) is 11.8 Å². The number of likely N-dealkylation sites (tertiary alicyclic amines) is 1. The average Bonchev–Trinajstić information content (AvgIpc) is 2.01. The molecule has 1 aliphatic heterocycles. The lowest BCUT2D eigenvalue weighted by molar-refractivity contribution is -0.151. The van der Waals surface area contributed by atoms with Gasteiger partial charge in [0.1, 0.15) is 5.60 Å². The second kappa shape index (κ2) is 3.51. The van der Waals surface area contributed by atoms with Crippen LogP contribution in [0.1, 0.15) is 33.6 Å². The lowest BCUT2D eigenvalue weighted by Crippen LogP contribution is -2.51. The van der Waals surface area contributed by atoms with E-state index in [2.05, 4.69) is 0 Å². The van der Waals surface area contributed by atoms with E-state index in [4.69, 9.17) is 0 Å². The summed E-state index contributed by atoms with van der Waals surface area (Å²) in [5, 5.41) is 19.2. The van der Waals surface area contributed by atoms with Gasteiger partial charge in [-0.25, -0.2) is 0 Å². The molecule has 1 amide bonds. The lowest BCUT2D eigenvalue weighted by Gasteiger charge is -2.38. The number of hydrogen-bond donors (Lipinski definition) is 2. The highest BCUT2D eigenvalue weighted by atomic mass is 16.3. The zero-order valence-electron chi connectivity index (χ0n) is 9.08. The Bertz CT molecular complexity index is 220. The third kappa shape index (κ3) is 2.69. The van der Waals surface area contributed by atoms with Gasteiger partial charge in [0.2, 0.25) is 0 Å². The molecule has 1 saturated heterocycles. The Morgan fingerprint density at radius 1 is 1.36 bits per heavy atom. The highest BCUT2D eigenvalue weighted by Crippen LogP contribution is 2.22. The second-order valence-corrected chi connectivity index (χ2v) is 4.85. The maximum Gasteiger partial charge on any atom is 0.253 e. The minimum absolute atomic E-state index is 0.256. The third-order valence-electron chi connectivity index (χ3n) is 2.65. The van der Waals surface area contributed by atoms with Gasteiger partial charge in [-0.15, -0.1) is 0 Å². The quantitative estimate of drug-likeness (QED) is 0.634. The third-order valence-corrected chi connectivity index (χ3v) is 2.65. The van der Waals surface area contributed by atoms with Crippen LogP contribution in [0.2, 0.25) is 0 Å². The molecule has 4 nitrogen and oxygen atoms in total. The fourth-order valence-corrected chi connectivity index (χ4v) is 1.58. The van der Waals surface area contributed by atoms with E-state index in [9.17, 15) is 15.0 Å². The van der Waals surface area contributed by atoms with Crippen LogP contribution in [-0.2, 0) is 4.79 Å². The summed E-state index contributed by atoms with van der Waals surface area (Å²) in [5.41, 5.74) is -1.96. The van der Waals surface area contributed by atoms with Crippen molar-refractivity contribution >= 4 is 5.91 Å². The van der Waals surface area contributed by atoms with Gasteiger partial charge in [0.25, 0.3) is 5.91 Å². The Labute approximate surface area is 84.5 Å². The highest BCUT2D eigenvalue weighted by molar-refractivity contribution is 5.84. The van der Waals surface area contributed by atoms with Crippen molar-refractivity contribution in [1.82, 2.24) is 4.90 Å². The predicted octanol–water partition coefficient (Wildman–Crippen LogP) is 0.131. The first-order chi connectivity index (χ1) is 6.22. The molecule has 0 saturated carbocycles. The predicted molar refractivity (Wildman–Crippen MR) is 52.7 cm³/mol. The van der Waals surface area contributed by atoms with Crippen LogP contribution < -0.4 is 0 Å². The van der Waals surface area contributed by atoms with Crippen LogP contribution in [0.5, 0.6) is 0 Å². The number of carbonyl (C=O) groups is 1. The molecule has 0 bridgehead atoms. The molecule has 1 fully saturated rings. The number of piperidine rings is 1. The Hall–Kier alpha value is -0.610. The zero-order valence-corrected chi connectivity index (χ0v) is 9.08. The first-order valence-corrected chi connectivity index (χ1v) is 4.96. The summed E-state index contributed by atoms with van der Waals surface area (Å²) in [5.74, 6) is -0.256. The molecule has 82 valence electrons. The van der Waals surface area contributed by atoms with Crippen LogP contribution >= 0.6 is 0 Å². The molecule has 4 heteroatoms. The van der Waals surface area contributed by atoms with Crippen LogP contribution in [0.4, 0.5) is 0 Å². The summed E-state index contributed by atoms with van der Waals surface area (Å²) in [4.78, 5) is 13.2. The highest BCUT2D eigenvalue weighted by Gasteiger charge is 2.34. The summed E-state index contributed by atoms with van der Waals surface area (Å²) in [6.07, 6.45) is 1.16. The number of nitrogens with zero attached hydrogens (tertiary/aromatic N) is 1. The van der Waals surface area contributed by atoms with Gasteiger partial charge in [0, 0.05) is 13.1 Å². The van der Waals surface area contributed by atoms with Gasteiger partial charge in [0.15, 0.2) is 0 Å². The molecule has 0 aliphatic carbocycles. The van der Waals surface area contributed by atoms with Crippen LogP contribution in [0.15, 0.2) is 0 Å². The maximum atomic E-state index is 11.6. The molecular weight excluding hydrogens is 182 g/mol. The largest absolute Gasteiger partial charge is 0.390 e. The van der Waals surface area contributed by atoms with Crippen molar-refractivity contribution in [2.24, 2.45) is 0 Å². The fourth-order valence-electron chi connectivity index (χ4n) is 1.58. The van der Waals surface area contributed by atoms with E-state index in [0.717, 1.165) is 0 Å². The maximum absolute atomic E-state index is 11.6. The molecule has 1 rings (SSSR count). The molecule has 14 heavy (non-hydrogen) atoms. The molecule has 1 aliphatic rings. The topological polar surface area (TPSA) is 60.8 Å². The van der Waals surface area contributed by atoms with Gasteiger partial charge in [-0.05, 0) is 33.6 Å². The molecule has 0 spiro atoms. The van der Waals surface area contributed by atoms with Crippen molar-refractivity contribution in [3.8, 4) is 0 Å². The number of aliphatic hydroxyl groups is 2. The van der Waals surface area contributed by atoms with E-state index in [1.165, 1.54) is 13.8 Å². The molecule has 0 atom stereocenters. The Morgan fingerprint density at radius 3 is 2.14 bits per heavy atom. The number of hydrogen-bond acceptors (Lipinski definition) is 3. The summed E-state index contributed by atoms with van der Waals surface area (Å²) in [7, 11) is 0. The molecule has 0 aromatic heterocycles. The van der Waals surface area contributed by atoms with Crippen molar-refractivity contribution < 1.29 is 15.0 Å². The number of amides is 1. The average molecular weight is 201 g/mol. The van der Waals surface area contributed by atoms with Gasteiger partial charge in [-0.1, -0.05) is 0 Å². The zero-order chi connectivity index (χ0) is 11.0. The second-order valence-electron chi connectivity index (χ2n) is 4.85. The minimum Gasteiger partial charge on any atom is -0.390 e. The van der Waals surface area contributed by atoms with Crippen LogP contribution in [-0.4, -0.2) is 45.3 Å². The Kier molecular flexibility index (Phi) is 2.88. The summed E-state index contributed by atoms with van der Waals surface area (Å²) in [6, 6.07) is 0. The van der Waals surface area contributed by atoms with Crippen molar-refractivity contribution in [1.29, 1.82) is 0 Å². The normalized spacial score (nSPS) is 22.2. The van der Waals surface area contributed by atoms with E-state index < -0.39 is 11.2 Å². The standard InChI is InChI=1S/C10H19NO3/c1-9(2,13)8(12)11-6-4-10(3,14)5-7-11/h13-14H,4-7H2,1-3H3. The molecule has 2 N–H and O–H groups in total. The smallest absolute Gasteiger partial charge is 0.253 e. The molecular formula is C10H19NO3. The fraction of sp³-hybridized carbons (Fsp3) is 0.900. The summed E-state index contributed by atoms with van der Waals surface area (Å²) >= 11 is 0. The van der Waals surface area contributed by atoms with Gasteiger partial charge in [-0.2, -0.15) is 0 Å². The van der Waals surface area contributed by atoms with Crippen LogP contribution in [0.25, 0.3) is 0 Å². The van der Waals surface area contributed by atoms with E-state index in [1.807, 2.05) is 0 Å². The van der Waals surface area contributed by atoms with Crippen molar-refractivity contribution in [2.45, 2.75) is 44.8 Å². The van der Waals surface area contributed by atoms with Gasteiger partial charge in [0.05, 0.1) is 5.60 Å². The first kappa shape index (κ1) is 11.5. The van der Waals surface area contributed by atoms with Gasteiger partial charge < -0.3 is 15.1 Å². The van der Waals surface area contributed by atoms with Crippen molar-refractivity contribution in [3.05, 3.63) is 0 Å². The first-order valence-electron chi connectivity index (χ1n) is 4.96. The van der Waals surface area contributed by atoms with E-state index in [-0.39, 0.29) is 5.91 Å². The molecule has 0 unspecified atom stereocenters. The van der Waals surface area contributed by atoms with E-state index >= 15 is 0 Å². The number of carbonyl (C=O) groups excluding carboxylic acids is 1. The summed E-state index contributed by atoms with van der Waals surface area (Å²) in [6.45, 7) is 5.80. The van der Waals surface area contributed by atoms with Crippen molar-refractivity contribution in [3.63, 3.8) is 0 Å². The molecule has 0 aromatic rings. The monoisotopic (exact) mass is 201 g/mol. The van der Waals surface area contributed by atoms with Gasteiger partial charge >= 0.3 is 0 Å². The molecule has 1 heterocycles. The van der Waals surface area contributed by atoms with Gasteiger partial charge in [-0.3, -0.25) is 4.79 Å². The minimum atomic E-state index is -1.30. The molecule has 0 radical (unpaired) electrons.